The van der Waals surface area contributed by atoms with E-state index in [2.05, 4.69) is 43.4 Å². The van der Waals surface area contributed by atoms with Crippen LogP contribution in [0.25, 0.3) is 0 Å². The van der Waals surface area contributed by atoms with Gasteiger partial charge in [0.05, 0.1) is 34.1 Å². The van der Waals surface area contributed by atoms with Crippen molar-refractivity contribution in [2.24, 2.45) is 29.2 Å². The Morgan fingerprint density at radius 2 is 2.08 bits per heavy atom. The lowest BCUT2D eigenvalue weighted by Gasteiger charge is -2.45. The van der Waals surface area contributed by atoms with Gasteiger partial charge in [0.25, 0.3) is 11.8 Å². The summed E-state index contributed by atoms with van der Waals surface area (Å²) in [5.41, 5.74) is 3.81. The van der Waals surface area contributed by atoms with Crippen LogP contribution < -0.4 is 14.4 Å². The highest BCUT2D eigenvalue weighted by molar-refractivity contribution is 8.00. The van der Waals surface area contributed by atoms with Gasteiger partial charge in [-0.2, -0.15) is 5.10 Å². The molecule has 2 bridgehead atoms. The van der Waals surface area contributed by atoms with Crippen molar-refractivity contribution in [1.82, 2.24) is 14.5 Å². The number of allylic oxidation sites excluding steroid dienone is 1. The number of hydrogen-bond donors (Lipinski definition) is 1. The van der Waals surface area contributed by atoms with Gasteiger partial charge in [-0.3, -0.25) is 19.0 Å². The maximum atomic E-state index is 14.4. The van der Waals surface area contributed by atoms with Crippen molar-refractivity contribution in [1.29, 1.82) is 0 Å². The molecule has 3 aromatic rings. The highest BCUT2D eigenvalue weighted by atomic mass is 35.5. The summed E-state index contributed by atoms with van der Waals surface area (Å²) in [6.07, 6.45) is 10.7. The fourth-order valence-corrected chi connectivity index (χ4v) is 11.1. The monoisotopic (exact) mass is 723 g/mol. The van der Waals surface area contributed by atoms with Crippen LogP contribution in [0.4, 0.5) is 5.69 Å². The Labute approximate surface area is 297 Å². The molecule has 7 rings (SSSR count). The zero-order valence-electron chi connectivity index (χ0n) is 28.0. The van der Waals surface area contributed by atoms with Crippen LogP contribution in [0.5, 0.6) is 5.75 Å². The Hall–Kier alpha value is -3.32. The van der Waals surface area contributed by atoms with Crippen LogP contribution in [0.1, 0.15) is 58.0 Å². The smallest absolute Gasteiger partial charge is 0.286 e. The number of nitrogens with zero attached hydrogens (tertiary/aromatic N) is 4. The summed E-state index contributed by atoms with van der Waals surface area (Å²) in [6, 6.07) is 11.5. The summed E-state index contributed by atoms with van der Waals surface area (Å²) in [7, 11) is -0.0647. The summed E-state index contributed by atoms with van der Waals surface area (Å²) in [5, 5.41) is 4.79. The van der Waals surface area contributed by atoms with E-state index < -0.39 is 21.7 Å². The van der Waals surface area contributed by atoms with Crippen molar-refractivity contribution in [3.63, 3.8) is 0 Å². The fourth-order valence-electron chi connectivity index (χ4n) is 7.58. The highest BCUT2D eigenvalue weighted by Gasteiger charge is 2.45. The van der Waals surface area contributed by atoms with Gasteiger partial charge >= 0.3 is 0 Å². The predicted molar refractivity (Wildman–Crippen MR) is 194 cm³/mol. The standard InChI is InChI=1S/C36H42ClN5O5S2/c1-23-5-4-6-32(46-3)29-10-7-26(29)19-42-21-36(30-11-9-28(37)15-24(30)13-14-48-36)22-47-33-12-8-25(16-31(33)42)34(43)39-49(45,20-23)40-35(44)27-17-38-41(2)18-27/h4,6,8-9,11-12,15-18,23,26,29,32H,5,7,10,13-14,19-22H2,1-3H3,(H,39,40,43,44,45)/b6-4+/t23-,26-,29+,32-,36+,49-/m0/s1. The third-order valence-electron chi connectivity index (χ3n) is 10.2. The molecular formula is C36H42ClN5O5S2. The first kappa shape index (κ1) is 34.1. The molecule has 0 saturated heterocycles. The maximum Gasteiger partial charge on any atom is 0.286 e. The lowest BCUT2D eigenvalue weighted by molar-refractivity contribution is 0.0134. The Kier molecular flexibility index (Phi) is 9.60. The number of methoxy groups -OCH3 is 1. The van der Waals surface area contributed by atoms with Crippen LogP contribution in [0.15, 0.2) is 65.3 Å². The number of nitrogens with one attached hydrogen (secondary N) is 1. The van der Waals surface area contributed by atoms with Crippen molar-refractivity contribution in [3.8, 4) is 5.75 Å². The maximum absolute atomic E-state index is 14.4. The molecule has 4 aliphatic rings. The van der Waals surface area contributed by atoms with Crippen molar-refractivity contribution in [2.45, 2.75) is 43.5 Å². The zero-order valence-corrected chi connectivity index (χ0v) is 30.4. The minimum absolute atomic E-state index is 0.00211. The SMILES string of the molecule is CO[C@H]1/C=C/C[C@H](C)C[S@@](=O)(NC(=O)c2cnn(C)c2)=NC(=O)c2ccc3c(c2)N(C[C@@H]2CC[C@H]21)C[C@]1(CO3)SCCc2cc(Cl)ccc21. The summed E-state index contributed by atoms with van der Waals surface area (Å²) in [5.74, 6) is 0.963. The van der Waals surface area contributed by atoms with Gasteiger partial charge in [-0.1, -0.05) is 36.7 Å². The molecule has 1 aromatic heterocycles. The number of hydrogen-bond acceptors (Lipinski definition) is 8. The second-order valence-corrected chi connectivity index (χ2v) is 17.7. The van der Waals surface area contributed by atoms with Gasteiger partial charge < -0.3 is 14.4 Å². The van der Waals surface area contributed by atoms with Gasteiger partial charge in [0.2, 0.25) is 0 Å². The number of anilines is 1. The lowest BCUT2D eigenvalue weighted by atomic mass is 9.70. The van der Waals surface area contributed by atoms with Crippen LogP contribution in [0.3, 0.4) is 0 Å². The minimum Gasteiger partial charge on any atom is -0.490 e. The molecule has 1 aliphatic carbocycles. The predicted octanol–water partition coefficient (Wildman–Crippen LogP) is 6.05. The second kappa shape index (κ2) is 13.8. The van der Waals surface area contributed by atoms with E-state index >= 15 is 0 Å². The zero-order chi connectivity index (χ0) is 34.3. The fraction of sp³-hybridized carbons (Fsp3) is 0.472. The molecule has 2 amide bonds. The van der Waals surface area contributed by atoms with Crippen molar-refractivity contribution < 1.29 is 23.3 Å². The number of carbonyl (C=O) groups excluding carboxylic acids is 2. The molecule has 1 spiro atoms. The number of halogens is 1. The van der Waals surface area contributed by atoms with E-state index in [0.29, 0.717) is 37.2 Å². The summed E-state index contributed by atoms with van der Waals surface area (Å²) < 4.78 is 35.0. The molecule has 13 heteroatoms. The first-order valence-electron chi connectivity index (χ1n) is 16.8. The molecule has 1 saturated carbocycles. The van der Waals surface area contributed by atoms with Crippen molar-refractivity contribution in [2.75, 3.05) is 43.2 Å². The Morgan fingerprint density at radius 3 is 2.84 bits per heavy atom. The average molecular weight is 724 g/mol. The number of aryl methyl sites for hydroxylation is 2. The average Bonchev–Trinajstić information content (AvgIpc) is 3.43. The largest absolute Gasteiger partial charge is 0.490 e. The van der Waals surface area contributed by atoms with Crippen LogP contribution in [-0.4, -0.2) is 70.2 Å². The number of aromatic nitrogens is 2. The first-order valence-corrected chi connectivity index (χ1v) is 19.8. The Balaban J connectivity index is 1.31. The van der Waals surface area contributed by atoms with Crippen molar-refractivity contribution in [3.05, 3.63) is 88.2 Å². The molecule has 10 nitrogen and oxygen atoms in total. The molecule has 0 unspecified atom stereocenters. The molecule has 6 atom stereocenters. The number of thioether (sulfide) groups is 1. The van der Waals surface area contributed by atoms with E-state index in [1.165, 1.54) is 28.2 Å². The number of benzene rings is 2. The topological polar surface area (TPSA) is 115 Å². The van der Waals surface area contributed by atoms with Gasteiger partial charge in [0.15, 0.2) is 0 Å². The molecule has 0 radical (unpaired) electrons. The van der Waals surface area contributed by atoms with E-state index in [9.17, 15) is 13.8 Å². The molecule has 260 valence electrons. The summed E-state index contributed by atoms with van der Waals surface area (Å²) in [4.78, 5) is 29.5. The van der Waals surface area contributed by atoms with Gasteiger partial charge in [-0.15, -0.1) is 16.1 Å². The van der Waals surface area contributed by atoms with Gasteiger partial charge in [0, 0.05) is 44.0 Å². The molecule has 2 aromatic carbocycles. The van der Waals surface area contributed by atoms with E-state index in [0.717, 1.165) is 42.3 Å². The van der Waals surface area contributed by atoms with Crippen LogP contribution in [0.2, 0.25) is 5.02 Å². The Bertz CT molecular complexity index is 1920. The second-order valence-electron chi connectivity index (χ2n) is 13.8. The number of amides is 2. The summed E-state index contributed by atoms with van der Waals surface area (Å²) in [6.45, 7) is 3.86. The molecule has 3 aliphatic heterocycles. The molecule has 4 heterocycles. The van der Waals surface area contributed by atoms with Crippen molar-refractivity contribution >= 4 is 50.8 Å². The first-order chi connectivity index (χ1) is 23.5. The molecular weight excluding hydrogens is 682 g/mol. The Morgan fingerprint density at radius 1 is 1.22 bits per heavy atom. The number of ether oxygens (including phenoxy) is 2. The third-order valence-corrected chi connectivity index (χ3v) is 13.9. The minimum atomic E-state index is -3.52. The summed E-state index contributed by atoms with van der Waals surface area (Å²) >= 11 is 8.35. The van der Waals surface area contributed by atoms with E-state index in [1.807, 2.05) is 36.9 Å². The van der Waals surface area contributed by atoms with Crippen LogP contribution in [-0.2, 0) is 32.9 Å². The van der Waals surface area contributed by atoms with Crippen LogP contribution >= 0.6 is 23.4 Å². The van der Waals surface area contributed by atoms with E-state index in [-0.39, 0.29) is 33.6 Å². The van der Waals surface area contributed by atoms with E-state index in [1.54, 1.807) is 20.2 Å². The van der Waals surface area contributed by atoms with Gasteiger partial charge in [0.1, 0.15) is 22.3 Å². The quantitative estimate of drug-likeness (QED) is 0.325. The molecule has 1 fully saturated rings. The molecule has 49 heavy (non-hydrogen) atoms. The van der Waals surface area contributed by atoms with Gasteiger partial charge in [-0.05, 0) is 90.6 Å². The van der Waals surface area contributed by atoms with Crippen LogP contribution in [0, 0.1) is 17.8 Å². The highest BCUT2D eigenvalue weighted by Crippen LogP contribution is 2.49. The third kappa shape index (κ3) is 7.02. The van der Waals surface area contributed by atoms with E-state index in [4.69, 9.17) is 21.1 Å². The van der Waals surface area contributed by atoms with Gasteiger partial charge in [-0.25, -0.2) is 4.21 Å². The number of carbonyl (C=O) groups is 2. The lowest BCUT2D eigenvalue weighted by Crippen LogP contribution is -2.48. The number of rotatable bonds is 3. The molecule has 1 N–H and O–H groups in total. The normalized spacial score (nSPS) is 30.5. The number of fused-ring (bicyclic) bond motifs is 4.